The Hall–Kier alpha value is -0.160. The zero-order chi connectivity index (χ0) is 11.6. The predicted octanol–water partition coefficient (Wildman–Crippen LogP) is 2.07. The Kier molecular flexibility index (Phi) is 3.85. The first kappa shape index (κ1) is 12.3. The van der Waals surface area contributed by atoms with E-state index in [0.29, 0.717) is 6.61 Å². The van der Waals surface area contributed by atoms with Gasteiger partial charge in [0.2, 0.25) is 0 Å². The molecule has 0 aromatic carbocycles. The quantitative estimate of drug-likeness (QED) is 0.677. The maximum atomic E-state index is 5.73. The molecule has 2 saturated heterocycles. The van der Waals surface area contributed by atoms with Gasteiger partial charge < -0.3 is 18.9 Å². The molecule has 0 saturated carbocycles. The van der Waals surface area contributed by atoms with Crippen LogP contribution in [0.3, 0.4) is 0 Å². The Morgan fingerprint density at radius 3 is 2.81 bits per heavy atom. The molecule has 94 valence electrons. The Labute approximate surface area is 97.2 Å². The van der Waals surface area contributed by atoms with Crippen LogP contribution < -0.4 is 0 Å². The minimum Gasteiger partial charge on any atom is -0.379 e. The van der Waals surface area contributed by atoms with Crippen molar-refractivity contribution >= 4 is 0 Å². The van der Waals surface area contributed by atoms with E-state index in [4.69, 9.17) is 18.9 Å². The molecule has 0 unspecified atom stereocenters. The summed E-state index contributed by atoms with van der Waals surface area (Å²) in [4.78, 5) is 0. The lowest BCUT2D eigenvalue weighted by molar-refractivity contribution is -0.209. The van der Waals surface area contributed by atoms with E-state index in [1.54, 1.807) is 0 Å². The van der Waals surface area contributed by atoms with Crippen molar-refractivity contribution in [3.63, 3.8) is 0 Å². The first-order valence-corrected chi connectivity index (χ1v) is 6.19. The van der Waals surface area contributed by atoms with Crippen LogP contribution >= 0.6 is 0 Å². The summed E-state index contributed by atoms with van der Waals surface area (Å²) < 4.78 is 22.6. The predicted molar refractivity (Wildman–Crippen MR) is 59.0 cm³/mol. The van der Waals surface area contributed by atoms with Gasteiger partial charge in [-0.05, 0) is 20.3 Å². The van der Waals surface area contributed by atoms with Crippen molar-refractivity contribution < 1.29 is 18.9 Å². The van der Waals surface area contributed by atoms with E-state index >= 15 is 0 Å². The second kappa shape index (κ2) is 5.00. The Morgan fingerprint density at radius 2 is 2.12 bits per heavy atom. The van der Waals surface area contributed by atoms with Crippen molar-refractivity contribution in [1.82, 2.24) is 0 Å². The van der Waals surface area contributed by atoms with Crippen LogP contribution in [0, 0.1) is 0 Å². The molecule has 0 spiro atoms. The van der Waals surface area contributed by atoms with Gasteiger partial charge in [-0.3, -0.25) is 0 Å². The highest BCUT2D eigenvalue weighted by Crippen LogP contribution is 2.36. The minimum absolute atomic E-state index is 0.0785. The van der Waals surface area contributed by atoms with Crippen LogP contribution in [-0.4, -0.2) is 37.5 Å². The van der Waals surface area contributed by atoms with Gasteiger partial charge in [-0.15, -0.1) is 0 Å². The van der Waals surface area contributed by atoms with Crippen LogP contribution in [0.1, 0.15) is 40.0 Å². The van der Waals surface area contributed by atoms with Gasteiger partial charge in [0.1, 0.15) is 6.10 Å². The van der Waals surface area contributed by atoms with Gasteiger partial charge in [0.15, 0.2) is 12.1 Å². The second-order valence-electron chi connectivity index (χ2n) is 4.96. The third-order valence-corrected chi connectivity index (χ3v) is 2.91. The van der Waals surface area contributed by atoms with Crippen LogP contribution in [0.2, 0.25) is 0 Å². The Bertz CT molecular complexity index is 213. The fourth-order valence-corrected chi connectivity index (χ4v) is 2.15. The third kappa shape index (κ3) is 2.94. The van der Waals surface area contributed by atoms with E-state index in [-0.39, 0.29) is 18.5 Å². The molecule has 0 aliphatic carbocycles. The van der Waals surface area contributed by atoms with Gasteiger partial charge in [0.05, 0.1) is 12.7 Å². The van der Waals surface area contributed by atoms with E-state index in [9.17, 15) is 0 Å². The summed E-state index contributed by atoms with van der Waals surface area (Å²) in [6.45, 7) is 7.46. The summed E-state index contributed by atoms with van der Waals surface area (Å²) in [7, 11) is 0. The van der Waals surface area contributed by atoms with E-state index in [1.807, 2.05) is 13.8 Å². The molecule has 2 aliphatic heterocycles. The van der Waals surface area contributed by atoms with Crippen LogP contribution in [0.25, 0.3) is 0 Å². The molecular formula is C12H22O4. The Balaban J connectivity index is 1.67. The largest absolute Gasteiger partial charge is 0.379 e. The highest BCUT2D eigenvalue weighted by Gasteiger charge is 2.48. The zero-order valence-corrected chi connectivity index (χ0v) is 10.4. The number of ether oxygens (including phenoxy) is 4. The normalized spacial score (nSPS) is 36.6. The number of hydrogen-bond donors (Lipinski definition) is 0. The molecule has 4 nitrogen and oxygen atoms in total. The molecule has 0 N–H and O–H groups in total. The lowest BCUT2D eigenvalue weighted by Gasteiger charge is -2.20. The molecule has 0 amide bonds. The van der Waals surface area contributed by atoms with Crippen molar-refractivity contribution in [2.75, 3.05) is 13.2 Å². The molecule has 2 rings (SSSR count). The molecule has 4 heteroatoms. The van der Waals surface area contributed by atoms with E-state index in [1.165, 1.54) is 0 Å². The molecule has 0 radical (unpaired) electrons. The summed E-state index contributed by atoms with van der Waals surface area (Å²) in [5.74, 6) is -0.497. The summed E-state index contributed by atoms with van der Waals surface area (Å²) in [5, 5.41) is 0. The molecule has 3 atom stereocenters. The SMILES string of the molecule is CCCCOC[C@@H]1C[C@H]2OC(C)(C)O[C@H]2O1. The zero-order valence-electron chi connectivity index (χ0n) is 10.4. The van der Waals surface area contributed by atoms with Crippen molar-refractivity contribution in [3.8, 4) is 0 Å². The van der Waals surface area contributed by atoms with Gasteiger partial charge in [-0.1, -0.05) is 13.3 Å². The standard InChI is InChI=1S/C12H22O4/c1-4-5-6-13-8-9-7-10-11(14-9)16-12(2,3)15-10/h9-11H,4-8H2,1-3H3/t9-,10+,11+/m0/s1. The molecule has 0 bridgehead atoms. The number of rotatable bonds is 5. The lowest BCUT2D eigenvalue weighted by atomic mass is 10.2. The maximum Gasteiger partial charge on any atom is 0.187 e. The minimum atomic E-state index is -0.497. The first-order valence-electron chi connectivity index (χ1n) is 6.19. The highest BCUT2D eigenvalue weighted by atomic mass is 16.8. The monoisotopic (exact) mass is 230 g/mol. The summed E-state index contributed by atoms with van der Waals surface area (Å²) in [6.07, 6.45) is 3.16. The summed E-state index contributed by atoms with van der Waals surface area (Å²) >= 11 is 0. The van der Waals surface area contributed by atoms with Crippen LogP contribution in [-0.2, 0) is 18.9 Å². The smallest absolute Gasteiger partial charge is 0.187 e. The highest BCUT2D eigenvalue weighted by molar-refractivity contribution is 4.84. The molecule has 2 heterocycles. The Morgan fingerprint density at radius 1 is 1.31 bits per heavy atom. The first-order chi connectivity index (χ1) is 7.61. The van der Waals surface area contributed by atoms with Crippen molar-refractivity contribution in [1.29, 1.82) is 0 Å². The second-order valence-corrected chi connectivity index (χ2v) is 4.96. The van der Waals surface area contributed by atoms with Crippen LogP contribution in [0.15, 0.2) is 0 Å². The van der Waals surface area contributed by atoms with Crippen molar-refractivity contribution in [2.45, 2.75) is 64.3 Å². The summed E-state index contributed by atoms with van der Waals surface area (Å²) in [6, 6.07) is 0. The van der Waals surface area contributed by atoms with Gasteiger partial charge in [0, 0.05) is 13.0 Å². The fraction of sp³-hybridized carbons (Fsp3) is 1.00. The topological polar surface area (TPSA) is 36.9 Å². The molecule has 0 aromatic heterocycles. The van der Waals surface area contributed by atoms with Gasteiger partial charge in [-0.2, -0.15) is 0 Å². The van der Waals surface area contributed by atoms with E-state index in [0.717, 1.165) is 25.9 Å². The van der Waals surface area contributed by atoms with Crippen LogP contribution in [0.5, 0.6) is 0 Å². The molecule has 0 aromatic rings. The van der Waals surface area contributed by atoms with Crippen LogP contribution in [0.4, 0.5) is 0 Å². The average Bonchev–Trinajstić information content (AvgIpc) is 2.65. The lowest BCUT2D eigenvalue weighted by Crippen LogP contribution is -2.26. The number of hydrogen-bond acceptors (Lipinski definition) is 4. The fourth-order valence-electron chi connectivity index (χ4n) is 2.15. The van der Waals surface area contributed by atoms with Gasteiger partial charge in [-0.25, -0.2) is 0 Å². The number of fused-ring (bicyclic) bond motifs is 1. The summed E-state index contributed by atoms with van der Waals surface area (Å²) in [5.41, 5.74) is 0. The molecular weight excluding hydrogens is 208 g/mol. The molecule has 2 aliphatic rings. The third-order valence-electron chi connectivity index (χ3n) is 2.91. The molecule has 2 fully saturated rings. The number of unbranched alkanes of at least 4 members (excludes halogenated alkanes) is 1. The molecule has 16 heavy (non-hydrogen) atoms. The van der Waals surface area contributed by atoms with E-state index < -0.39 is 5.79 Å². The average molecular weight is 230 g/mol. The maximum absolute atomic E-state index is 5.73. The van der Waals surface area contributed by atoms with Gasteiger partial charge >= 0.3 is 0 Å². The van der Waals surface area contributed by atoms with Gasteiger partial charge in [0.25, 0.3) is 0 Å². The van der Waals surface area contributed by atoms with Crippen molar-refractivity contribution in [2.24, 2.45) is 0 Å². The van der Waals surface area contributed by atoms with Crippen molar-refractivity contribution in [3.05, 3.63) is 0 Å². The van der Waals surface area contributed by atoms with E-state index in [2.05, 4.69) is 6.92 Å².